The van der Waals surface area contributed by atoms with Crippen molar-refractivity contribution < 1.29 is 8.78 Å². The van der Waals surface area contributed by atoms with E-state index >= 15 is 0 Å². The molecule has 1 aromatic heterocycles. The Balaban J connectivity index is 2.21. The maximum atomic E-state index is 13.2. The second-order valence-electron chi connectivity index (χ2n) is 4.23. The number of likely N-dealkylation sites (N-methyl/N-ethyl adjacent to an activating group) is 1. The first-order chi connectivity index (χ1) is 9.10. The summed E-state index contributed by atoms with van der Waals surface area (Å²) in [5.74, 6) is -0.825. The van der Waals surface area contributed by atoms with E-state index < -0.39 is 5.82 Å². The molecule has 0 aliphatic carbocycles. The van der Waals surface area contributed by atoms with Crippen LogP contribution >= 0.6 is 11.6 Å². The molecule has 0 saturated carbocycles. The minimum Gasteiger partial charge on any atom is -0.313 e. The van der Waals surface area contributed by atoms with E-state index in [-0.39, 0.29) is 16.9 Å². The van der Waals surface area contributed by atoms with E-state index in [2.05, 4.69) is 10.3 Å². The number of aromatic nitrogens is 1. The van der Waals surface area contributed by atoms with Gasteiger partial charge in [0.1, 0.15) is 11.6 Å². The molecule has 1 aromatic carbocycles. The molecule has 0 fully saturated rings. The SMILES string of the molecule is CNC(Cc1ccc(F)c(Cl)c1)c1cncc(F)c1. The summed E-state index contributed by atoms with van der Waals surface area (Å²) in [5.41, 5.74) is 1.61. The summed E-state index contributed by atoms with van der Waals surface area (Å²) in [6, 6.07) is 5.89. The van der Waals surface area contributed by atoms with Crippen molar-refractivity contribution in [1.82, 2.24) is 10.3 Å². The van der Waals surface area contributed by atoms with E-state index in [4.69, 9.17) is 11.6 Å². The van der Waals surface area contributed by atoms with Crippen LogP contribution < -0.4 is 5.32 Å². The Morgan fingerprint density at radius 3 is 2.68 bits per heavy atom. The van der Waals surface area contributed by atoms with Crippen molar-refractivity contribution in [3.8, 4) is 0 Å². The second kappa shape index (κ2) is 6.08. The Kier molecular flexibility index (Phi) is 4.45. The largest absolute Gasteiger partial charge is 0.313 e. The zero-order chi connectivity index (χ0) is 13.8. The summed E-state index contributed by atoms with van der Waals surface area (Å²) in [4.78, 5) is 3.83. The molecule has 1 unspecified atom stereocenters. The molecule has 2 aromatic rings. The van der Waals surface area contributed by atoms with E-state index in [1.807, 2.05) is 0 Å². The monoisotopic (exact) mass is 282 g/mol. The van der Waals surface area contributed by atoms with Gasteiger partial charge in [0.05, 0.1) is 11.2 Å². The molecule has 2 nitrogen and oxygen atoms in total. The standard InChI is InChI=1S/C14H13ClF2N2/c1-18-14(10-6-11(16)8-19-7-10)5-9-2-3-13(17)12(15)4-9/h2-4,6-8,14,18H,5H2,1H3. The first kappa shape index (κ1) is 13.9. The van der Waals surface area contributed by atoms with E-state index in [0.29, 0.717) is 6.42 Å². The van der Waals surface area contributed by atoms with Crippen LogP contribution in [0.15, 0.2) is 36.7 Å². The normalized spacial score (nSPS) is 12.4. The number of nitrogens with zero attached hydrogens (tertiary/aromatic N) is 1. The highest BCUT2D eigenvalue weighted by atomic mass is 35.5. The maximum Gasteiger partial charge on any atom is 0.141 e. The van der Waals surface area contributed by atoms with Crippen LogP contribution in [0.2, 0.25) is 5.02 Å². The average Bonchev–Trinajstić information content (AvgIpc) is 2.40. The van der Waals surface area contributed by atoms with Crippen molar-refractivity contribution in [3.05, 3.63) is 64.4 Å². The van der Waals surface area contributed by atoms with Crippen molar-refractivity contribution >= 4 is 11.6 Å². The lowest BCUT2D eigenvalue weighted by atomic mass is 10.0. The lowest BCUT2D eigenvalue weighted by Gasteiger charge is -2.16. The Bertz CT molecular complexity index is 575. The minimum absolute atomic E-state index is 0.0877. The molecule has 0 aliphatic heterocycles. The molecule has 1 N–H and O–H groups in total. The highest BCUT2D eigenvalue weighted by Crippen LogP contribution is 2.22. The lowest BCUT2D eigenvalue weighted by molar-refractivity contribution is 0.570. The van der Waals surface area contributed by atoms with Gasteiger partial charge in [0.2, 0.25) is 0 Å². The fraction of sp³-hybridized carbons (Fsp3) is 0.214. The third-order valence-corrected chi connectivity index (χ3v) is 3.19. The van der Waals surface area contributed by atoms with Gasteiger partial charge < -0.3 is 5.32 Å². The Hall–Kier alpha value is -1.52. The summed E-state index contributed by atoms with van der Waals surface area (Å²) in [6.45, 7) is 0. The first-order valence-electron chi connectivity index (χ1n) is 5.82. The van der Waals surface area contributed by atoms with Crippen molar-refractivity contribution in [2.45, 2.75) is 12.5 Å². The van der Waals surface area contributed by atoms with Crippen LogP contribution in [0.1, 0.15) is 17.2 Å². The van der Waals surface area contributed by atoms with Crippen molar-refractivity contribution in [2.24, 2.45) is 0 Å². The van der Waals surface area contributed by atoms with Gasteiger partial charge >= 0.3 is 0 Å². The lowest BCUT2D eigenvalue weighted by Crippen LogP contribution is -2.19. The summed E-state index contributed by atoms with van der Waals surface area (Å²) in [5, 5.41) is 3.17. The number of rotatable bonds is 4. The number of hydrogen-bond acceptors (Lipinski definition) is 2. The zero-order valence-electron chi connectivity index (χ0n) is 10.3. The highest BCUT2D eigenvalue weighted by Gasteiger charge is 2.12. The van der Waals surface area contributed by atoms with Crippen LogP contribution in [-0.2, 0) is 6.42 Å². The van der Waals surface area contributed by atoms with Crippen molar-refractivity contribution in [1.29, 1.82) is 0 Å². The molecule has 0 spiro atoms. The molecule has 0 bridgehead atoms. The Morgan fingerprint density at radius 1 is 1.26 bits per heavy atom. The number of nitrogens with one attached hydrogen (secondary N) is 1. The van der Waals surface area contributed by atoms with E-state index in [0.717, 1.165) is 17.3 Å². The molecule has 0 aliphatic rings. The number of halogens is 3. The number of benzene rings is 1. The predicted molar refractivity (Wildman–Crippen MR) is 71.1 cm³/mol. The van der Waals surface area contributed by atoms with Crippen molar-refractivity contribution in [2.75, 3.05) is 7.05 Å². The van der Waals surface area contributed by atoms with Gasteiger partial charge in [-0.25, -0.2) is 8.78 Å². The van der Waals surface area contributed by atoms with E-state index in [1.54, 1.807) is 25.4 Å². The second-order valence-corrected chi connectivity index (χ2v) is 4.64. The van der Waals surface area contributed by atoms with Crippen LogP contribution in [0, 0.1) is 11.6 Å². The fourth-order valence-electron chi connectivity index (χ4n) is 1.91. The van der Waals surface area contributed by atoms with Crippen molar-refractivity contribution in [3.63, 3.8) is 0 Å². The van der Waals surface area contributed by atoms with Crippen LogP contribution in [0.25, 0.3) is 0 Å². The van der Waals surface area contributed by atoms with E-state index in [1.165, 1.54) is 12.1 Å². The third kappa shape index (κ3) is 3.49. The van der Waals surface area contributed by atoms with Gasteiger partial charge in [0, 0.05) is 12.2 Å². The van der Waals surface area contributed by atoms with Crippen LogP contribution in [0.5, 0.6) is 0 Å². The Morgan fingerprint density at radius 2 is 2.05 bits per heavy atom. The smallest absolute Gasteiger partial charge is 0.141 e. The van der Waals surface area contributed by atoms with Gasteiger partial charge in [-0.15, -0.1) is 0 Å². The fourth-order valence-corrected chi connectivity index (χ4v) is 2.11. The average molecular weight is 283 g/mol. The van der Waals surface area contributed by atoms with Gasteiger partial charge in [-0.3, -0.25) is 4.98 Å². The van der Waals surface area contributed by atoms with Crippen LogP contribution in [-0.4, -0.2) is 12.0 Å². The molecule has 0 saturated heterocycles. The molecule has 19 heavy (non-hydrogen) atoms. The maximum absolute atomic E-state index is 13.2. The van der Waals surface area contributed by atoms with Gasteiger partial charge in [-0.1, -0.05) is 17.7 Å². The summed E-state index contributed by atoms with van der Waals surface area (Å²) in [6.07, 6.45) is 3.34. The molecule has 1 heterocycles. The summed E-state index contributed by atoms with van der Waals surface area (Å²) < 4.78 is 26.2. The summed E-state index contributed by atoms with van der Waals surface area (Å²) in [7, 11) is 1.78. The molecular weight excluding hydrogens is 270 g/mol. The van der Waals surface area contributed by atoms with Gasteiger partial charge in [0.25, 0.3) is 0 Å². The van der Waals surface area contributed by atoms with Gasteiger partial charge in [0.15, 0.2) is 0 Å². The zero-order valence-corrected chi connectivity index (χ0v) is 11.1. The first-order valence-corrected chi connectivity index (χ1v) is 6.19. The number of hydrogen-bond donors (Lipinski definition) is 1. The quantitative estimate of drug-likeness (QED) is 0.928. The van der Waals surface area contributed by atoms with Gasteiger partial charge in [-0.2, -0.15) is 0 Å². The highest BCUT2D eigenvalue weighted by molar-refractivity contribution is 6.30. The Labute approximate surface area is 115 Å². The van der Waals surface area contributed by atoms with Crippen LogP contribution in [0.4, 0.5) is 8.78 Å². The number of pyridine rings is 1. The minimum atomic E-state index is -0.446. The molecule has 0 radical (unpaired) electrons. The van der Waals surface area contributed by atoms with E-state index in [9.17, 15) is 8.78 Å². The molecule has 1 atom stereocenters. The topological polar surface area (TPSA) is 24.9 Å². The molecule has 5 heteroatoms. The van der Waals surface area contributed by atoms with Crippen LogP contribution in [0.3, 0.4) is 0 Å². The molecule has 2 rings (SSSR count). The molecule has 100 valence electrons. The molecule has 0 amide bonds. The predicted octanol–water partition coefficient (Wildman–Crippen LogP) is 3.52. The third-order valence-electron chi connectivity index (χ3n) is 2.90. The summed E-state index contributed by atoms with van der Waals surface area (Å²) >= 11 is 5.74. The molecular formula is C14H13ClF2N2. The van der Waals surface area contributed by atoms with Gasteiger partial charge in [-0.05, 0) is 42.8 Å².